The van der Waals surface area contributed by atoms with Gasteiger partial charge in [-0.25, -0.2) is 8.42 Å². The van der Waals surface area contributed by atoms with Gasteiger partial charge in [0.2, 0.25) is 0 Å². The van der Waals surface area contributed by atoms with Crippen LogP contribution in [0, 0.1) is 6.92 Å². The molecule has 160 valence electrons. The number of nitrogens with one attached hydrogen (secondary N) is 2. The first-order chi connectivity index (χ1) is 14.9. The Balaban J connectivity index is 1.53. The predicted octanol–water partition coefficient (Wildman–Crippen LogP) is 4.21. The van der Waals surface area contributed by atoms with Crippen molar-refractivity contribution in [3.8, 4) is 11.5 Å². The molecular formula is C23H22N2O5S. The third-order valence-electron chi connectivity index (χ3n) is 4.80. The van der Waals surface area contributed by atoms with Gasteiger partial charge >= 0.3 is 0 Å². The van der Waals surface area contributed by atoms with Crippen LogP contribution in [0.2, 0.25) is 0 Å². The van der Waals surface area contributed by atoms with Gasteiger partial charge in [-0.1, -0.05) is 24.3 Å². The maximum atomic E-state index is 12.8. The van der Waals surface area contributed by atoms with E-state index in [-0.39, 0.29) is 10.5 Å². The summed E-state index contributed by atoms with van der Waals surface area (Å²) in [6.07, 6.45) is 0.786. The molecule has 0 bridgehead atoms. The molecule has 4 rings (SSSR count). The van der Waals surface area contributed by atoms with Crippen molar-refractivity contribution in [3.63, 3.8) is 0 Å². The maximum absolute atomic E-state index is 12.8. The Morgan fingerprint density at radius 1 is 0.903 bits per heavy atom. The summed E-state index contributed by atoms with van der Waals surface area (Å²) in [4.78, 5) is 12.7. The van der Waals surface area contributed by atoms with E-state index >= 15 is 0 Å². The second-order valence-electron chi connectivity index (χ2n) is 7.11. The summed E-state index contributed by atoms with van der Waals surface area (Å²) < 4.78 is 39.4. The number of benzene rings is 3. The van der Waals surface area contributed by atoms with Crippen molar-refractivity contribution in [1.29, 1.82) is 0 Å². The van der Waals surface area contributed by atoms with Gasteiger partial charge in [-0.05, 0) is 48.9 Å². The molecule has 7 nitrogen and oxygen atoms in total. The van der Waals surface area contributed by atoms with Crippen LogP contribution in [0.4, 0.5) is 11.4 Å². The SMILES string of the molecule is Cc1ccccc1NS(=O)(=O)c1cccc(C(=O)Nc2ccc3c(c2)OCCCO3)c1. The summed E-state index contributed by atoms with van der Waals surface area (Å²) >= 11 is 0. The highest BCUT2D eigenvalue weighted by molar-refractivity contribution is 7.92. The standard InChI is InChI=1S/C23H22N2O5S/c1-16-6-2-3-9-20(16)25-31(27,28)19-8-4-7-17(14-19)23(26)24-18-10-11-21-22(15-18)30-13-5-12-29-21/h2-4,6-11,14-15,25H,5,12-13H2,1H3,(H,24,26). The van der Waals surface area contributed by atoms with Crippen LogP contribution in [0.25, 0.3) is 0 Å². The molecule has 1 heterocycles. The zero-order valence-electron chi connectivity index (χ0n) is 16.9. The van der Waals surface area contributed by atoms with Gasteiger partial charge in [0.05, 0.1) is 23.8 Å². The molecule has 0 saturated carbocycles. The number of para-hydroxylation sites is 1. The highest BCUT2D eigenvalue weighted by Gasteiger charge is 2.18. The summed E-state index contributed by atoms with van der Waals surface area (Å²) in [7, 11) is -3.85. The Morgan fingerprint density at radius 2 is 1.68 bits per heavy atom. The van der Waals surface area contributed by atoms with E-state index in [0.717, 1.165) is 12.0 Å². The second-order valence-corrected chi connectivity index (χ2v) is 8.80. The Kier molecular flexibility index (Phi) is 5.81. The number of ether oxygens (including phenoxy) is 2. The van der Waals surface area contributed by atoms with E-state index in [1.807, 2.05) is 19.1 Å². The maximum Gasteiger partial charge on any atom is 0.261 e. The molecule has 2 N–H and O–H groups in total. The fourth-order valence-corrected chi connectivity index (χ4v) is 4.32. The average molecular weight is 439 g/mol. The summed E-state index contributed by atoms with van der Waals surface area (Å²) in [5.41, 5.74) is 2.04. The lowest BCUT2D eigenvalue weighted by atomic mass is 10.2. The number of amides is 1. The highest BCUT2D eigenvalue weighted by atomic mass is 32.2. The Bertz CT molecular complexity index is 1220. The number of sulfonamides is 1. The third-order valence-corrected chi connectivity index (χ3v) is 6.16. The number of anilines is 2. The Morgan fingerprint density at radius 3 is 2.48 bits per heavy atom. The number of hydrogen-bond donors (Lipinski definition) is 2. The van der Waals surface area contributed by atoms with Gasteiger partial charge in [-0.2, -0.15) is 0 Å². The van der Waals surface area contributed by atoms with Crippen molar-refractivity contribution in [1.82, 2.24) is 0 Å². The molecule has 0 saturated heterocycles. The molecule has 8 heteroatoms. The van der Waals surface area contributed by atoms with Gasteiger partial charge in [0, 0.05) is 23.7 Å². The number of rotatable bonds is 5. The minimum atomic E-state index is -3.85. The summed E-state index contributed by atoms with van der Waals surface area (Å²) in [5, 5.41) is 2.78. The predicted molar refractivity (Wildman–Crippen MR) is 118 cm³/mol. The number of hydrogen-bond acceptors (Lipinski definition) is 5. The molecular weight excluding hydrogens is 416 g/mol. The number of fused-ring (bicyclic) bond motifs is 1. The first-order valence-corrected chi connectivity index (χ1v) is 11.3. The minimum Gasteiger partial charge on any atom is -0.490 e. The monoisotopic (exact) mass is 438 g/mol. The second kappa shape index (κ2) is 8.69. The number of aryl methyl sites for hydroxylation is 1. The van der Waals surface area contributed by atoms with Crippen LogP contribution in [0.15, 0.2) is 71.6 Å². The van der Waals surface area contributed by atoms with E-state index in [9.17, 15) is 13.2 Å². The molecule has 1 aliphatic rings. The lowest BCUT2D eigenvalue weighted by Crippen LogP contribution is -2.16. The molecule has 3 aromatic rings. The molecule has 0 aromatic heterocycles. The molecule has 0 radical (unpaired) electrons. The molecule has 0 fully saturated rings. The highest BCUT2D eigenvalue weighted by Crippen LogP contribution is 2.32. The smallest absolute Gasteiger partial charge is 0.261 e. The van der Waals surface area contributed by atoms with Crippen molar-refractivity contribution in [3.05, 3.63) is 77.9 Å². The lowest BCUT2D eigenvalue weighted by molar-refractivity contribution is 0.102. The van der Waals surface area contributed by atoms with Gasteiger partial charge in [0.15, 0.2) is 11.5 Å². The summed E-state index contributed by atoms with van der Waals surface area (Å²) in [5.74, 6) is 0.766. The topological polar surface area (TPSA) is 93.7 Å². The molecule has 1 aliphatic heterocycles. The fraction of sp³-hybridized carbons (Fsp3) is 0.174. The van der Waals surface area contributed by atoms with Crippen molar-refractivity contribution in [2.24, 2.45) is 0 Å². The summed E-state index contributed by atoms with van der Waals surface area (Å²) in [6, 6.07) is 18.1. The zero-order chi connectivity index (χ0) is 21.8. The van der Waals surface area contributed by atoms with Crippen molar-refractivity contribution in [2.45, 2.75) is 18.2 Å². The van der Waals surface area contributed by atoms with Crippen LogP contribution in [0.5, 0.6) is 11.5 Å². The lowest BCUT2D eigenvalue weighted by Gasteiger charge is -2.12. The molecule has 1 amide bonds. The van der Waals surface area contributed by atoms with Crippen LogP contribution in [0.1, 0.15) is 22.3 Å². The van der Waals surface area contributed by atoms with E-state index in [4.69, 9.17) is 9.47 Å². The van der Waals surface area contributed by atoms with Crippen molar-refractivity contribution < 1.29 is 22.7 Å². The summed E-state index contributed by atoms with van der Waals surface area (Å²) in [6.45, 7) is 2.94. The fourth-order valence-electron chi connectivity index (χ4n) is 3.14. The van der Waals surface area contributed by atoms with Gasteiger partial charge < -0.3 is 14.8 Å². The molecule has 0 aliphatic carbocycles. The van der Waals surface area contributed by atoms with Crippen molar-refractivity contribution in [2.75, 3.05) is 23.3 Å². The zero-order valence-corrected chi connectivity index (χ0v) is 17.7. The molecule has 31 heavy (non-hydrogen) atoms. The van der Waals surface area contributed by atoms with Gasteiger partial charge in [0.25, 0.3) is 15.9 Å². The van der Waals surface area contributed by atoms with Crippen LogP contribution < -0.4 is 19.5 Å². The van der Waals surface area contributed by atoms with E-state index < -0.39 is 15.9 Å². The van der Waals surface area contributed by atoms with Crippen LogP contribution in [-0.2, 0) is 10.0 Å². The third kappa shape index (κ3) is 4.80. The van der Waals surface area contributed by atoms with Gasteiger partial charge in [0.1, 0.15) is 0 Å². The first-order valence-electron chi connectivity index (χ1n) is 9.82. The largest absolute Gasteiger partial charge is 0.490 e. The Hall–Kier alpha value is -3.52. The van der Waals surface area contributed by atoms with Gasteiger partial charge in [-0.3, -0.25) is 9.52 Å². The normalized spacial score (nSPS) is 13.2. The molecule has 0 unspecified atom stereocenters. The molecule has 0 spiro atoms. The Labute approximate surface area is 181 Å². The van der Waals surface area contributed by atoms with E-state index in [1.165, 1.54) is 18.2 Å². The van der Waals surface area contributed by atoms with E-state index in [1.54, 1.807) is 36.4 Å². The number of carbonyl (C=O) groups excluding carboxylic acids is 1. The van der Waals surface area contributed by atoms with Crippen LogP contribution >= 0.6 is 0 Å². The van der Waals surface area contributed by atoms with Gasteiger partial charge in [-0.15, -0.1) is 0 Å². The molecule has 3 aromatic carbocycles. The van der Waals surface area contributed by atoms with Crippen molar-refractivity contribution >= 4 is 27.3 Å². The minimum absolute atomic E-state index is 0.00191. The average Bonchev–Trinajstić information content (AvgIpc) is 3.00. The van der Waals surface area contributed by atoms with Crippen LogP contribution in [-0.4, -0.2) is 27.5 Å². The molecule has 0 atom stereocenters. The number of carbonyl (C=O) groups is 1. The van der Waals surface area contributed by atoms with Crippen LogP contribution in [0.3, 0.4) is 0 Å². The van der Waals surface area contributed by atoms with E-state index in [2.05, 4.69) is 10.0 Å². The quantitative estimate of drug-likeness (QED) is 0.622. The van der Waals surface area contributed by atoms with E-state index in [0.29, 0.717) is 36.1 Å². The first kappa shape index (κ1) is 20.7.